The van der Waals surface area contributed by atoms with E-state index < -0.39 is 10.0 Å². The molecular weight excluding hydrogens is 306 g/mol. The van der Waals surface area contributed by atoms with E-state index in [2.05, 4.69) is 15.7 Å². The first-order valence-electron chi connectivity index (χ1n) is 6.43. The van der Waals surface area contributed by atoms with Gasteiger partial charge in [-0.2, -0.15) is 5.10 Å². The van der Waals surface area contributed by atoms with Crippen LogP contribution >= 0.6 is 0 Å². The minimum atomic E-state index is -3.70. The molecule has 4 N–H and O–H groups in total. The highest BCUT2D eigenvalue weighted by molar-refractivity contribution is 7.89. The molecule has 0 saturated heterocycles. The standard InChI is InChI=1S/C13H17N5O3S/c1-9-7-12(18(2)17-9)16-13(19)15-8-10-3-5-11(6-4-10)22(14,20)21/h3-7H,8H2,1-2H3,(H2,14,20,21)(H2,15,16,19). The van der Waals surface area contributed by atoms with Gasteiger partial charge in [0.25, 0.3) is 0 Å². The lowest BCUT2D eigenvalue weighted by atomic mass is 10.2. The molecule has 0 radical (unpaired) electrons. The first-order chi connectivity index (χ1) is 10.3. The van der Waals surface area contributed by atoms with Gasteiger partial charge in [-0.1, -0.05) is 12.1 Å². The van der Waals surface area contributed by atoms with Gasteiger partial charge in [-0.15, -0.1) is 0 Å². The molecule has 0 saturated carbocycles. The van der Waals surface area contributed by atoms with Gasteiger partial charge in [-0.25, -0.2) is 18.4 Å². The summed E-state index contributed by atoms with van der Waals surface area (Å²) in [6, 6.07) is 7.35. The summed E-state index contributed by atoms with van der Waals surface area (Å²) in [5.41, 5.74) is 1.56. The summed E-state index contributed by atoms with van der Waals surface area (Å²) < 4.78 is 23.8. The number of rotatable bonds is 4. The van der Waals surface area contributed by atoms with Gasteiger partial charge < -0.3 is 5.32 Å². The zero-order chi connectivity index (χ0) is 16.3. The number of nitrogens with zero attached hydrogens (tertiary/aromatic N) is 2. The minimum Gasteiger partial charge on any atom is -0.334 e. The molecule has 2 rings (SSSR count). The molecule has 2 aromatic rings. The predicted molar refractivity (Wildman–Crippen MR) is 81.6 cm³/mol. The average molecular weight is 323 g/mol. The van der Waals surface area contributed by atoms with Crippen LogP contribution in [0.25, 0.3) is 0 Å². The summed E-state index contributed by atoms with van der Waals surface area (Å²) in [5.74, 6) is 0.583. The smallest absolute Gasteiger partial charge is 0.320 e. The molecule has 0 spiro atoms. The molecular formula is C13H17N5O3S. The zero-order valence-electron chi connectivity index (χ0n) is 12.2. The molecule has 0 aliphatic rings. The number of amides is 2. The fourth-order valence-electron chi connectivity index (χ4n) is 1.87. The Hall–Kier alpha value is -2.39. The van der Waals surface area contributed by atoms with Crippen LogP contribution in [0.15, 0.2) is 35.2 Å². The monoisotopic (exact) mass is 323 g/mol. The van der Waals surface area contributed by atoms with Crippen LogP contribution in [0.2, 0.25) is 0 Å². The Balaban J connectivity index is 1.92. The Morgan fingerprint density at radius 3 is 2.45 bits per heavy atom. The van der Waals surface area contributed by atoms with Crippen LogP contribution in [0.3, 0.4) is 0 Å². The number of sulfonamides is 1. The number of anilines is 1. The second kappa shape index (κ2) is 6.16. The molecule has 0 bridgehead atoms. The third-order valence-electron chi connectivity index (χ3n) is 2.95. The Bertz CT molecular complexity index is 781. The predicted octanol–water partition coefficient (Wildman–Crippen LogP) is 0.698. The van der Waals surface area contributed by atoms with Crippen molar-refractivity contribution in [2.45, 2.75) is 18.4 Å². The Kier molecular flexibility index (Phi) is 4.48. The topological polar surface area (TPSA) is 119 Å². The highest BCUT2D eigenvalue weighted by Gasteiger charge is 2.08. The molecule has 8 nitrogen and oxygen atoms in total. The third kappa shape index (κ3) is 4.06. The molecule has 0 aliphatic heterocycles. The molecule has 1 aromatic carbocycles. The molecule has 1 aromatic heterocycles. The van der Waals surface area contributed by atoms with E-state index >= 15 is 0 Å². The molecule has 118 valence electrons. The van der Waals surface area contributed by atoms with Gasteiger partial charge in [-0.05, 0) is 24.6 Å². The molecule has 0 fully saturated rings. The molecule has 0 atom stereocenters. The second-order valence-electron chi connectivity index (χ2n) is 4.79. The van der Waals surface area contributed by atoms with Gasteiger partial charge in [0.2, 0.25) is 10.0 Å². The number of hydrogen-bond donors (Lipinski definition) is 3. The average Bonchev–Trinajstić information content (AvgIpc) is 2.74. The fraction of sp³-hybridized carbons (Fsp3) is 0.231. The van der Waals surface area contributed by atoms with Crippen molar-refractivity contribution in [3.05, 3.63) is 41.6 Å². The van der Waals surface area contributed by atoms with Crippen molar-refractivity contribution in [3.8, 4) is 0 Å². The third-order valence-corrected chi connectivity index (χ3v) is 3.88. The summed E-state index contributed by atoms with van der Waals surface area (Å²) in [6.45, 7) is 2.09. The normalized spacial score (nSPS) is 11.2. The number of nitrogens with one attached hydrogen (secondary N) is 2. The lowest BCUT2D eigenvalue weighted by Gasteiger charge is -2.08. The fourth-order valence-corrected chi connectivity index (χ4v) is 2.38. The van der Waals surface area contributed by atoms with Gasteiger partial charge in [0.1, 0.15) is 5.82 Å². The number of aryl methyl sites for hydroxylation is 2. The second-order valence-corrected chi connectivity index (χ2v) is 6.35. The van der Waals surface area contributed by atoms with Gasteiger partial charge in [0, 0.05) is 19.7 Å². The summed E-state index contributed by atoms with van der Waals surface area (Å²) in [6.07, 6.45) is 0. The minimum absolute atomic E-state index is 0.0334. The van der Waals surface area contributed by atoms with Crippen LogP contribution < -0.4 is 15.8 Å². The van der Waals surface area contributed by atoms with Crippen LogP contribution in [-0.4, -0.2) is 24.2 Å². The lowest BCUT2D eigenvalue weighted by Crippen LogP contribution is -2.29. The lowest BCUT2D eigenvalue weighted by molar-refractivity contribution is 0.251. The molecule has 22 heavy (non-hydrogen) atoms. The van der Waals surface area contributed by atoms with Crippen molar-refractivity contribution in [1.29, 1.82) is 0 Å². The summed E-state index contributed by atoms with van der Waals surface area (Å²) in [5, 5.41) is 14.5. The first-order valence-corrected chi connectivity index (χ1v) is 7.97. The van der Waals surface area contributed by atoms with Crippen LogP contribution in [0.4, 0.5) is 10.6 Å². The largest absolute Gasteiger partial charge is 0.334 e. The maximum atomic E-state index is 11.8. The quantitative estimate of drug-likeness (QED) is 0.767. The Morgan fingerprint density at radius 2 is 1.95 bits per heavy atom. The van der Waals surface area contributed by atoms with E-state index in [1.165, 1.54) is 12.1 Å². The number of carbonyl (C=O) groups is 1. The van der Waals surface area contributed by atoms with Crippen LogP contribution in [0.5, 0.6) is 0 Å². The zero-order valence-corrected chi connectivity index (χ0v) is 13.0. The summed E-state index contributed by atoms with van der Waals surface area (Å²) in [4.78, 5) is 11.8. The highest BCUT2D eigenvalue weighted by Crippen LogP contribution is 2.09. The van der Waals surface area contributed by atoms with E-state index in [0.29, 0.717) is 5.82 Å². The van der Waals surface area contributed by atoms with Gasteiger partial charge in [0.05, 0.1) is 10.6 Å². The van der Waals surface area contributed by atoms with Gasteiger partial charge in [-0.3, -0.25) is 10.00 Å². The van der Waals surface area contributed by atoms with Crippen molar-refractivity contribution < 1.29 is 13.2 Å². The molecule has 0 unspecified atom stereocenters. The Labute approximate surface area is 128 Å². The molecule has 9 heteroatoms. The van der Waals surface area contributed by atoms with E-state index in [0.717, 1.165) is 11.3 Å². The van der Waals surface area contributed by atoms with E-state index in [1.807, 2.05) is 6.92 Å². The number of aromatic nitrogens is 2. The van der Waals surface area contributed by atoms with Crippen LogP contribution in [0, 0.1) is 6.92 Å². The number of urea groups is 1. The molecule has 1 heterocycles. The Morgan fingerprint density at radius 1 is 1.32 bits per heavy atom. The maximum absolute atomic E-state index is 11.8. The van der Waals surface area contributed by atoms with Crippen molar-refractivity contribution in [2.24, 2.45) is 12.2 Å². The van der Waals surface area contributed by atoms with E-state index in [4.69, 9.17) is 5.14 Å². The van der Waals surface area contributed by atoms with Crippen molar-refractivity contribution in [3.63, 3.8) is 0 Å². The summed E-state index contributed by atoms with van der Waals surface area (Å²) in [7, 11) is -1.97. The van der Waals surface area contributed by atoms with Crippen LogP contribution in [-0.2, 0) is 23.6 Å². The van der Waals surface area contributed by atoms with E-state index in [9.17, 15) is 13.2 Å². The van der Waals surface area contributed by atoms with Crippen molar-refractivity contribution in [1.82, 2.24) is 15.1 Å². The van der Waals surface area contributed by atoms with Crippen LogP contribution in [0.1, 0.15) is 11.3 Å². The van der Waals surface area contributed by atoms with E-state index in [1.54, 1.807) is 29.9 Å². The number of carbonyl (C=O) groups excluding carboxylic acids is 1. The number of benzene rings is 1. The van der Waals surface area contributed by atoms with Gasteiger partial charge >= 0.3 is 6.03 Å². The number of nitrogens with two attached hydrogens (primary N) is 1. The molecule has 0 aliphatic carbocycles. The van der Waals surface area contributed by atoms with E-state index in [-0.39, 0.29) is 17.5 Å². The SMILES string of the molecule is Cc1cc(NC(=O)NCc2ccc(S(N)(=O)=O)cc2)n(C)n1. The van der Waals surface area contributed by atoms with Gasteiger partial charge in [0.15, 0.2) is 0 Å². The summed E-state index contributed by atoms with van der Waals surface area (Å²) >= 11 is 0. The van der Waals surface area contributed by atoms with Crippen molar-refractivity contribution in [2.75, 3.05) is 5.32 Å². The first kappa shape index (κ1) is 16.0. The maximum Gasteiger partial charge on any atom is 0.320 e. The number of hydrogen-bond acceptors (Lipinski definition) is 4. The number of primary sulfonamides is 1. The molecule has 2 amide bonds. The highest BCUT2D eigenvalue weighted by atomic mass is 32.2. The van der Waals surface area contributed by atoms with Crippen molar-refractivity contribution >= 4 is 21.9 Å².